The van der Waals surface area contributed by atoms with Crippen molar-refractivity contribution in [1.29, 1.82) is 0 Å². The number of carbonyl (C=O) groups is 1. The molecule has 0 aliphatic carbocycles. The van der Waals surface area contributed by atoms with Crippen LogP contribution in [0.4, 0.5) is 0 Å². The molecule has 4 nitrogen and oxygen atoms in total. The first kappa shape index (κ1) is 23.2. The van der Waals surface area contributed by atoms with E-state index >= 15 is 0 Å². The molecule has 7 heteroatoms. The number of ether oxygens (including phenoxy) is 1. The lowest BCUT2D eigenvalue weighted by Crippen LogP contribution is -2.48. The zero-order chi connectivity index (χ0) is 23.5. The Kier molecular flexibility index (Phi) is 7.07. The predicted molar refractivity (Wildman–Crippen MR) is 140 cm³/mol. The van der Waals surface area contributed by atoms with E-state index in [1.165, 1.54) is 16.7 Å². The van der Waals surface area contributed by atoms with E-state index in [-0.39, 0.29) is 5.91 Å². The molecule has 0 bridgehead atoms. The zero-order valence-electron chi connectivity index (χ0n) is 18.5. The van der Waals surface area contributed by atoms with Gasteiger partial charge in [-0.15, -0.1) is 11.3 Å². The summed E-state index contributed by atoms with van der Waals surface area (Å²) in [6.45, 7) is 4.32. The normalized spacial score (nSPS) is 14.5. The van der Waals surface area contributed by atoms with Gasteiger partial charge >= 0.3 is 0 Å². The van der Waals surface area contributed by atoms with E-state index in [1.807, 2.05) is 58.8 Å². The number of fused-ring (bicyclic) bond motifs is 1. The summed E-state index contributed by atoms with van der Waals surface area (Å²) in [5.41, 5.74) is 2.14. The lowest BCUT2D eigenvalue weighted by atomic mass is 10.1. The fourth-order valence-electron chi connectivity index (χ4n) is 4.15. The van der Waals surface area contributed by atoms with Crippen molar-refractivity contribution < 1.29 is 9.53 Å². The third-order valence-corrected chi connectivity index (χ3v) is 7.75. The average molecular weight is 511 g/mol. The Morgan fingerprint density at radius 2 is 1.65 bits per heavy atom. The van der Waals surface area contributed by atoms with Gasteiger partial charge in [-0.05, 0) is 52.0 Å². The monoisotopic (exact) mass is 510 g/mol. The summed E-state index contributed by atoms with van der Waals surface area (Å²) >= 11 is 13.6. The predicted octanol–water partition coefficient (Wildman–Crippen LogP) is 6.75. The van der Waals surface area contributed by atoms with Gasteiger partial charge in [-0.3, -0.25) is 9.69 Å². The Morgan fingerprint density at radius 1 is 0.853 bits per heavy atom. The van der Waals surface area contributed by atoms with Gasteiger partial charge in [0.25, 0.3) is 5.91 Å². The highest BCUT2D eigenvalue weighted by Gasteiger charge is 2.23. The summed E-state index contributed by atoms with van der Waals surface area (Å²) in [5, 5.41) is 5.49. The van der Waals surface area contributed by atoms with Crippen molar-refractivity contribution in [2.45, 2.75) is 13.2 Å². The van der Waals surface area contributed by atoms with Crippen LogP contribution in [0.5, 0.6) is 5.75 Å². The maximum atomic E-state index is 13.0. The molecule has 0 saturated carbocycles. The Balaban J connectivity index is 1.13. The van der Waals surface area contributed by atoms with Crippen LogP contribution in [-0.4, -0.2) is 41.9 Å². The van der Waals surface area contributed by atoms with Crippen molar-refractivity contribution in [3.05, 3.63) is 98.2 Å². The van der Waals surface area contributed by atoms with Crippen LogP contribution in [-0.2, 0) is 13.2 Å². The number of thiophene rings is 1. The summed E-state index contributed by atoms with van der Waals surface area (Å²) in [6.07, 6.45) is 0. The molecule has 1 aliphatic heterocycles. The number of rotatable bonds is 6. The molecule has 5 rings (SSSR count). The number of carbonyl (C=O) groups excluding carboxylic acids is 1. The van der Waals surface area contributed by atoms with Gasteiger partial charge in [0.2, 0.25) is 0 Å². The molecule has 2 heterocycles. The number of amides is 1. The number of hydrogen-bond acceptors (Lipinski definition) is 4. The SMILES string of the molecule is O=C(c1cc(COc2ccc3ccccc3c2)cs1)N1CCN(Cc2ccc(Cl)c(Cl)c2)CC1. The van der Waals surface area contributed by atoms with Gasteiger partial charge in [0.1, 0.15) is 12.4 Å². The van der Waals surface area contributed by atoms with Crippen molar-refractivity contribution in [3.8, 4) is 5.75 Å². The lowest BCUT2D eigenvalue weighted by Gasteiger charge is -2.34. The highest BCUT2D eigenvalue weighted by Crippen LogP contribution is 2.25. The maximum absolute atomic E-state index is 13.0. The van der Waals surface area contributed by atoms with Crippen molar-refractivity contribution in [2.75, 3.05) is 26.2 Å². The van der Waals surface area contributed by atoms with Gasteiger partial charge in [0.15, 0.2) is 0 Å². The molecule has 1 fully saturated rings. The highest BCUT2D eigenvalue weighted by atomic mass is 35.5. The molecule has 0 atom stereocenters. The molecule has 4 aromatic rings. The second kappa shape index (κ2) is 10.4. The van der Waals surface area contributed by atoms with Crippen molar-refractivity contribution >= 4 is 51.2 Å². The third-order valence-electron chi connectivity index (χ3n) is 6.04. The molecular formula is C27H24Cl2N2O2S. The first-order valence-corrected chi connectivity index (χ1v) is 12.8. The van der Waals surface area contributed by atoms with Gasteiger partial charge < -0.3 is 9.64 Å². The van der Waals surface area contributed by atoms with Crippen molar-refractivity contribution in [2.24, 2.45) is 0 Å². The van der Waals surface area contributed by atoms with Crippen molar-refractivity contribution in [1.82, 2.24) is 9.80 Å². The summed E-state index contributed by atoms with van der Waals surface area (Å²) in [7, 11) is 0. The minimum absolute atomic E-state index is 0.0937. The molecule has 174 valence electrons. The van der Waals surface area contributed by atoms with Crippen LogP contribution in [0.2, 0.25) is 10.0 Å². The molecular weight excluding hydrogens is 487 g/mol. The van der Waals surface area contributed by atoms with Crippen LogP contribution in [0.15, 0.2) is 72.1 Å². The Morgan fingerprint density at radius 3 is 2.44 bits per heavy atom. The Bertz CT molecular complexity index is 1310. The second-order valence-corrected chi connectivity index (χ2v) is 10.2. The lowest BCUT2D eigenvalue weighted by molar-refractivity contribution is 0.0633. The number of piperazine rings is 1. The molecule has 1 aliphatic rings. The standard InChI is InChI=1S/C27H24Cl2N2O2S/c28-24-8-5-19(13-25(24)29)16-30-9-11-31(12-10-30)27(32)26-14-20(18-34-26)17-33-23-7-6-21-3-1-2-4-22(21)15-23/h1-8,13-15,18H,9-12,16-17H2. The van der Waals surface area contributed by atoms with Gasteiger partial charge in [-0.1, -0.05) is 59.6 Å². The highest BCUT2D eigenvalue weighted by molar-refractivity contribution is 7.12. The molecule has 1 amide bonds. The van der Waals surface area contributed by atoms with Crippen LogP contribution in [0.3, 0.4) is 0 Å². The quantitative estimate of drug-likeness (QED) is 0.287. The molecule has 1 aromatic heterocycles. The third kappa shape index (κ3) is 5.39. The summed E-state index contributed by atoms with van der Waals surface area (Å²) < 4.78 is 5.98. The van der Waals surface area contributed by atoms with E-state index in [0.29, 0.717) is 29.7 Å². The van der Waals surface area contributed by atoms with Crippen molar-refractivity contribution in [3.63, 3.8) is 0 Å². The first-order valence-electron chi connectivity index (χ1n) is 11.2. The Hall–Kier alpha value is -2.57. The van der Waals surface area contributed by atoms with E-state index in [1.54, 1.807) is 0 Å². The number of halogens is 2. The van der Waals surface area contributed by atoms with Gasteiger partial charge in [-0.2, -0.15) is 0 Å². The van der Waals surface area contributed by atoms with Gasteiger partial charge in [-0.25, -0.2) is 0 Å². The smallest absolute Gasteiger partial charge is 0.264 e. The molecule has 0 radical (unpaired) electrons. The van der Waals surface area contributed by atoms with E-state index in [9.17, 15) is 4.79 Å². The molecule has 1 saturated heterocycles. The fourth-order valence-corrected chi connectivity index (χ4v) is 5.33. The van der Waals surface area contributed by atoms with Crippen LogP contribution in [0, 0.1) is 0 Å². The molecule has 0 unspecified atom stereocenters. The zero-order valence-corrected chi connectivity index (χ0v) is 20.9. The molecule has 3 aromatic carbocycles. The number of nitrogens with zero attached hydrogens (tertiary/aromatic N) is 2. The minimum atomic E-state index is 0.0937. The van der Waals surface area contributed by atoms with Crippen LogP contribution in [0.25, 0.3) is 10.8 Å². The Labute approximate surface area is 213 Å². The maximum Gasteiger partial charge on any atom is 0.264 e. The van der Waals surface area contributed by atoms with E-state index in [4.69, 9.17) is 27.9 Å². The second-order valence-electron chi connectivity index (χ2n) is 8.43. The first-order chi connectivity index (χ1) is 16.5. The summed E-state index contributed by atoms with van der Waals surface area (Å²) in [6, 6.07) is 22.0. The van der Waals surface area contributed by atoms with E-state index in [0.717, 1.165) is 46.8 Å². The van der Waals surface area contributed by atoms with Gasteiger partial charge in [0.05, 0.1) is 14.9 Å². The van der Waals surface area contributed by atoms with Crippen LogP contribution < -0.4 is 4.74 Å². The average Bonchev–Trinajstić information content (AvgIpc) is 3.34. The van der Waals surface area contributed by atoms with Crippen LogP contribution in [0.1, 0.15) is 20.8 Å². The minimum Gasteiger partial charge on any atom is -0.489 e. The largest absolute Gasteiger partial charge is 0.489 e. The summed E-state index contributed by atoms with van der Waals surface area (Å²) in [5.74, 6) is 0.923. The molecule has 0 N–H and O–H groups in total. The fraction of sp³-hybridized carbons (Fsp3) is 0.222. The van der Waals surface area contributed by atoms with E-state index in [2.05, 4.69) is 23.1 Å². The number of benzene rings is 3. The number of hydrogen-bond donors (Lipinski definition) is 0. The van der Waals surface area contributed by atoms with Crippen LogP contribution >= 0.6 is 34.5 Å². The summed E-state index contributed by atoms with van der Waals surface area (Å²) in [4.78, 5) is 18.1. The van der Waals surface area contributed by atoms with E-state index < -0.39 is 0 Å². The van der Waals surface area contributed by atoms with Gasteiger partial charge in [0, 0.05) is 38.3 Å². The topological polar surface area (TPSA) is 32.8 Å². The molecule has 0 spiro atoms. The molecule has 34 heavy (non-hydrogen) atoms.